The predicted molar refractivity (Wildman–Crippen MR) is 93.7 cm³/mol. The SMILES string of the molecule is C=C(O)/C=C\C(=C)OC.CC.CC=O.CCCC.COC. The van der Waals surface area contributed by atoms with Gasteiger partial charge in [0.05, 0.1) is 7.11 Å². The van der Waals surface area contributed by atoms with Gasteiger partial charge in [0.2, 0.25) is 0 Å². The van der Waals surface area contributed by atoms with E-state index in [0.717, 1.165) is 6.29 Å². The molecule has 0 aromatic rings. The van der Waals surface area contributed by atoms with Gasteiger partial charge in [-0.15, -0.1) is 0 Å². The Balaban J connectivity index is -0.0000000596. The van der Waals surface area contributed by atoms with E-state index in [-0.39, 0.29) is 5.76 Å². The predicted octanol–water partition coefficient (Wildman–Crippen LogP) is 5.07. The average molecular weight is 304 g/mol. The summed E-state index contributed by atoms with van der Waals surface area (Å²) in [6, 6.07) is 0. The van der Waals surface area contributed by atoms with Gasteiger partial charge in [0.15, 0.2) is 0 Å². The molecule has 0 aliphatic carbocycles. The summed E-state index contributed by atoms with van der Waals surface area (Å²) >= 11 is 0. The third-order valence-electron chi connectivity index (χ3n) is 1.22. The summed E-state index contributed by atoms with van der Waals surface area (Å²) in [7, 11) is 4.76. The number of aliphatic hydroxyl groups excluding tert-OH is 1. The molecule has 21 heavy (non-hydrogen) atoms. The van der Waals surface area contributed by atoms with E-state index in [4.69, 9.17) is 9.90 Å². The van der Waals surface area contributed by atoms with Crippen molar-refractivity contribution < 1.29 is 19.4 Å². The van der Waals surface area contributed by atoms with Gasteiger partial charge in [0.1, 0.15) is 17.8 Å². The van der Waals surface area contributed by atoms with E-state index in [9.17, 15) is 0 Å². The first-order valence-corrected chi connectivity index (χ1v) is 7.00. The lowest BCUT2D eigenvalue weighted by Gasteiger charge is -1.93. The first-order valence-electron chi connectivity index (χ1n) is 7.00. The molecule has 128 valence electrons. The maximum Gasteiger partial charge on any atom is 0.116 e. The Hall–Kier alpha value is -1.55. The normalized spacial score (nSPS) is 7.24. The highest BCUT2D eigenvalue weighted by atomic mass is 16.5. The van der Waals surface area contributed by atoms with Gasteiger partial charge in [-0.05, 0) is 19.1 Å². The molecule has 0 saturated heterocycles. The van der Waals surface area contributed by atoms with Gasteiger partial charge in [0, 0.05) is 14.2 Å². The highest BCUT2D eigenvalue weighted by Crippen LogP contribution is 1.94. The van der Waals surface area contributed by atoms with Crippen molar-refractivity contribution in [3.63, 3.8) is 0 Å². The van der Waals surface area contributed by atoms with Gasteiger partial charge in [0.25, 0.3) is 0 Å². The molecule has 0 fully saturated rings. The Morgan fingerprint density at radius 2 is 1.33 bits per heavy atom. The summed E-state index contributed by atoms with van der Waals surface area (Å²) in [4.78, 5) is 8.81. The number of methoxy groups -OCH3 is 2. The molecule has 0 spiro atoms. The van der Waals surface area contributed by atoms with Crippen molar-refractivity contribution in [3.8, 4) is 0 Å². The second kappa shape index (κ2) is 42.9. The van der Waals surface area contributed by atoms with Crippen molar-refractivity contribution in [3.05, 3.63) is 36.8 Å². The van der Waals surface area contributed by atoms with Crippen molar-refractivity contribution in [1.29, 1.82) is 0 Å². The Morgan fingerprint density at radius 1 is 1.05 bits per heavy atom. The molecule has 0 aliphatic rings. The van der Waals surface area contributed by atoms with Crippen LogP contribution in [-0.4, -0.2) is 32.7 Å². The van der Waals surface area contributed by atoms with Crippen molar-refractivity contribution in [1.82, 2.24) is 0 Å². The lowest BCUT2D eigenvalue weighted by atomic mass is 10.4. The molecule has 4 heteroatoms. The minimum atomic E-state index is -0.00630. The quantitative estimate of drug-likeness (QED) is 0.447. The second-order valence-corrected chi connectivity index (χ2v) is 3.14. The number of carbonyl (C=O) groups excluding carboxylic acids is 1. The molecular formula is C17H36O4. The third kappa shape index (κ3) is 120. The summed E-state index contributed by atoms with van der Waals surface area (Å²) in [6.07, 6.45) is 6.33. The molecule has 0 amide bonds. The first kappa shape index (κ1) is 31.7. The van der Waals surface area contributed by atoms with Gasteiger partial charge in [-0.2, -0.15) is 0 Å². The monoisotopic (exact) mass is 304 g/mol. The van der Waals surface area contributed by atoms with Gasteiger partial charge >= 0.3 is 0 Å². The van der Waals surface area contributed by atoms with Crippen LogP contribution in [-0.2, 0) is 14.3 Å². The van der Waals surface area contributed by atoms with E-state index in [1.807, 2.05) is 13.8 Å². The average Bonchev–Trinajstić information content (AvgIpc) is 2.48. The second-order valence-electron chi connectivity index (χ2n) is 3.14. The number of unbranched alkanes of at least 4 members (excludes halogenated alkanes) is 1. The molecule has 0 atom stereocenters. The Morgan fingerprint density at radius 3 is 1.48 bits per heavy atom. The molecule has 1 N–H and O–H groups in total. The first-order chi connectivity index (χ1) is 9.91. The zero-order valence-corrected chi connectivity index (χ0v) is 15.2. The van der Waals surface area contributed by atoms with Gasteiger partial charge in [-0.1, -0.05) is 53.7 Å². The highest BCUT2D eigenvalue weighted by molar-refractivity contribution is 5.44. The number of carbonyl (C=O) groups is 1. The number of aldehydes is 1. The number of rotatable bonds is 4. The van der Waals surface area contributed by atoms with E-state index in [0.29, 0.717) is 5.76 Å². The topological polar surface area (TPSA) is 55.8 Å². The van der Waals surface area contributed by atoms with Crippen molar-refractivity contribution in [2.45, 2.75) is 47.5 Å². The van der Waals surface area contributed by atoms with E-state index < -0.39 is 0 Å². The van der Waals surface area contributed by atoms with Crippen LogP contribution in [0.5, 0.6) is 0 Å². The molecule has 4 nitrogen and oxygen atoms in total. The molecule has 0 bridgehead atoms. The molecule has 0 rings (SSSR count). The van der Waals surface area contributed by atoms with E-state index >= 15 is 0 Å². The van der Waals surface area contributed by atoms with Crippen LogP contribution in [0.4, 0.5) is 0 Å². The fourth-order valence-corrected chi connectivity index (χ4v) is 0.257. The maximum absolute atomic E-state index is 8.81. The highest BCUT2D eigenvalue weighted by Gasteiger charge is 1.80. The minimum absolute atomic E-state index is 0.00630. The fraction of sp³-hybridized carbons (Fsp3) is 0.588. The standard InChI is InChI=1S/C7H10O2.C4H10.C2H6O.C2H4O.C2H6/c1-6(8)4-5-7(2)9-3;1-3-4-2;1-3-2;1-2-3;1-2/h4-5,8H,1-2H2,3H3;3-4H2,1-2H3;1-2H3;2H,1H3;1-2H3/b5-4-;;;;. The largest absolute Gasteiger partial charge is 0.509 e. The summed E-state index contributed by atoms with van der Waals surface area (Å²) in [5, 5.41) is 8.52. The van der Waals surface area contributed by atoms with Crippen LogP contribution in [0.2, 0.25) is 0 Å². The lowest BCUT2D eigenvalue weighted by molar-refractivity contribution is -0.106. The van der Waals surface area contributed by atoms with Gasteiger partial charge in [-0.3, -0.25) is 0 Å². The van der Waals surface area contributed by atoms with Crippen LogP contribution in [0, 0.1) is 0 Å². The zero-order chi connectivity index (χ0) is 18.1. The third-order valence-corrected chi connectivity index (χ3v) is 1.22. The molecule has 0 heterocycles. The van der Waals surface area contributed by atoms with Crippen molar-refractivity contribution in [2.24, 2.45) is 0 Å². The maximum atomic E-state index is 8.81. The molecule has 0 saturated carbocycles. The van der Waals surface area contributed by atoms with Crippen LogP contribution >= 0.6 is 0 Å². The summed E-state index contributed by atoms with van der Waals surface area (Å²) in [5.41, 5.74) is 0. The number of aliphatic hydroxyl groups is 1. The lowest BCUT2D eigenvalue weighted by Crippen LogP contribution is -1.77. The van der Waals surface area contributed by atoms with Crippen LogP contribution < -0.4 is 0 Å². The van der Waals surface area contributed by atoms with E-state index in [2.05, 4.69) is 36.5 Å². The molecule has 0 aromatic carbocycles. The number of allylic oxidation sites excluding steroid dienone is 2. The van der Waals surface area contributed by atoms with Crippen LogP contribution in [0.15, 0.2) is 36.8 Å². The fourth-order valence-electron chi connectivity index (χ4n) is 0.257. The molecule has 0 aromatic heterocycles. The van der Waals surface area contributed by atoms with Crippen LogP contribution in [0.1, 0.15) is 47.5 Å². The van der Waals surface area contributed by atoms with Crippen molar-refractivity contribution >= 4 is 6.29 Å². The molecular weight excluding hydrogens is 268 g/mol. The van der Waals surface area contributed by atoms with Crippen LogP contribution in [0.25, 0.3) is 0 Å². The summed E-state index contributed by atoms with van der Waals surface area (Å²) in [6.45, 7) is 16.5. The van der Waals surface area contributed by atoms with E-state index in [1.54, 1.807) is 14.2 Å². The number of hydrogen-bond acceptors (Lipinski definition) is 4. The number of ether oxygens (including phenoxy) is 2. The molecule has 0 unspecified atom stereocenters. The Labute approximate surface area is 132 Å². The van der Waals surface area contributed by atoms with Gasteiger partial charge in [-0.25, -0.2) is 0 Å². The number of hydrogen-bond donors (Lipinski definition) is 1. The van der Waals surface area contributed by atoms with Gasteiger partial charge < -0.3 is 19.4 Å². The Bertz CT molecular complexity index is 219. The Kier molecular flexibility index (Phi) is 64.7. The summed E-state index contributed by atoms with van der Waals surface area (Å²) < 4.78 is 8.92. The zero-order valence-electron chi connectivity index (χ0n) is 15.2. The van der Waals surface area contributed by atoms with E-state index in [1.165, 1.54) is 39.0 Å². The molecule has 0 radical (unpaired) electrons. The van der Waals surface area contributed by atoms with Crippen molar-refractivity contribution in [2.75, 3.05) is 21.3 Å². The molecule has 0 aliphatic heterocycles. The summed E-state index contributed by atoms with van der Waals surface area (Å²) in [5.74, 6) is 0.485. The van der Waals surface area contributed by atoms with Crippen LogP contribution in [0.3, 0.4) is 0 Å². The minimum Gasteiger partial charge on any atom is -0.509 e. The smallest absolute Gasteiger partial charge is 0.116 e.